The van der Waals surface area contributed by atoms with Crippen LogP contribution in [0.25, 0.3) is 22.4 Å². The third-order valence-corrected chi connectivity index (χ3v) is 5.50. The third-order valence-electron chi connectivity index (χ3n) is 5.50. The van der Waals surface area contributed by atoms with Gasteiger partial charge < -0.3 is 14.5 Å². The number of hydrogen-bond donors (Lipinski definition) is 0. The van der Waals surface area contributed by atoms with E-state index in [1.165, 1.54) is 0 Å². The molecule has 0 radical (unpaired) electrons. The fraction of sp³-hybridized carbons (Fsp3) is 0.286. The summed E-state index contributed by atoms with van der Waals surface area (Å²) >= 11 is 0. The molecule has 8 nitrogen and oxygen atoms in total. The molecule has 0 spiro atoms. The maximum Gasteiger partial charge on any atom is 0.228 e. The number of hydrogen-bond acceptors (Lipinski definition) is 8. The van der Waals surface area contributed by atoms with E-state index in [0.29, 0.717) is 13.2 Å². The van der Waals surface area contributed by atoms with Crippen LogP contribution in [0.4, 0.5) is 17.5 Å². The van der Waals surface area contributed by atoms with Crippen LogP contribution in [-0.2, 0) is 11.2 Å². The molecule has 4 aromatic rings. The number of nitrogens with zero attached hydrogens (tertiary/aromatic N) is 5. The van der Waals surface area contributed by atoms with Crippen LogP contribution in [-0.4, -0.2) is 47.8 Å². The maximum atomic E-state index is 5.51. The minimum absolute atomic E-state index is 0.689. The van der Waals surface area contributed by atoms with Crippen LogP contribution < -0.4 is 9.80 Å². The zero-order chi connectivity index (χ0) is 19.2. The molecule has 1 fully saturated rings. The van der Waals surface area contributed by atoms with Crippen molar-refractivity contribution in [2.24, 2.45) is 0 Å². The second-order valence-corrected chi connectivity index (χ2v) is 7.21. The summed E-state index contributed by atoms with van der Waals surface area (Å²) in [5, 5.41) is 0. The van der Waals surface area contributed by atoms with E-state index in [-0.39, 0.29) is 0 Å². The van der Waals surface area contributed by atoms with Gasteiger partial charge in [-0.05, 0) is 30.7 Å². The Labute approximate surface area is 166 Å². The normalized spacial score (nSPS) is 16.6. The molecule has 1 saturated heterocycles. The van der Waals surface area contributed by atoms with Gasteiger partial charge in [-0.3, -0.25) is 14.1 Å². The van der Waals surface area contributed by atoms with Gasteiger partial charge in [0.15, 0.2) is 0 Å². The van der Waals surface area contributed by atoms with Gasteiger partial charge in [0.25, 0.3) is 0 Å². The number of benzene rings is 1. The van der Waals surface area contributed by atoms with E-state index in [1.54, 1.807) is 6.20 Å². The number of anilines is 3. The molecular weight excluding hydrogens is 370 g/mol. The summed E-state index contributed by atoms with van der Waals surface area (Å²) in [5.74, 6) is 1.68. The lowest BCUT2D eigenvalue weighted by molar-refractivity contribution is 0.0590. The van der Waals surface area contributed by atoms with E-state index in [1.807, 2.05) is 30.5 Å². The van der Waals surface area contributed by atoms with E-state index in [4.69, 9.17) is 23.9 Å². The molecule has 0 saturated carbocycles. The SMILES string of the molecule is c1cncc(-c2nc(N3CCOCC3)nc3c2CCN3c2ccc3ooc3c2)c1. The molecule has 6 rings (SSSR count). The molecule has 0 aliphatic carbocycles. The zero-order valence-corrected chi connectivity index (χ0v) is 15.7. The molecule has 0 unspecified atom stereocenters. The van der Waals surface area contributed by atoms with E-state index >= 15 is 0 Å². The van der Waals surface area contributed by atoms with Gasteiger partial charge in [0.2, 0.25) is 17.1 Å². The summed E-state index contributed by atoms with van der Waals surface area (Å²) in [4.78, 5) is 18.7. The summed E-state index contributed by atoms with van der Waals surface area (Å²) in [6.07, 6.45) is 4.52. The summed E-state index contributed by atoms with van der Waals surface area (Å²) < 4.78 is 15.6. The second-order valence-electron chi connectivity index (χ2n) is 7.21. The first-order valence-corrected chi connectivity index (χ1v) is 9.77. The summed E-state index contributed by atoms with van der Waals surface area (Å²) in [7, 11) is 0. The quantitative estimate of drug-likeness (QED) is 0.493. The van der Waals surface area contributed by atoms with Crippen molar-refractivity contribution in [3.63, 3.8) is 0 Å². The van der Waals surface area contributed by atoms with E-state index < -0.39 is 0 Å². The molecule has 8 heteroatoms. The number of pyridine rings is 1. The van der Waals surface area contributed by atoms with Crippen molar-refractivity contribution in [3.8, 4) is 11.3 Å². The topological polar surface area (TPSA) is 80.7 Å². The molecule has 146 valence electrons. The van der Waals surface area contributed by atoms with Crippen LogP contribution in [0, 0.1) is 0 Å². The lowest BCUT2D eigenvalue weighted by atomic mass is 10.1. The summed E-state index contributed by atoms with van der Waals surface area (Å²) in [6, 6.07) is 9.96. The summed E-state index contributed by atoms with van der Waals surface area (Å²) in [5.41, 5.74) is 5.67. The molecule has 29 heavy (non-hydrogen) atoms. The van der Waals surface area contributed by atoms with Crippen molar-refractivity contribution < 1.29 is 13.9 Å². The third kappa shape index (κ3) is 2.75. The molecule has 2 aliphatic rings. The van der Waals surface area contributed by atoms with E-state index in [0.717, 1.165) is 71.5 Å². The van der Waals surface area contributed by atoms with Gasteiger partial charge in [0.05, 0.1) is 18.9 Å². The van der Waals surface area contributed by atoms with Crippen LogP contribution in [0.3, 0.4) is 0 Å². The van der Waals surface area contributed by atoms with Crippen LogP contribution in [0.15, 0.2) is 51.9 Å². The monoisotopic (exact) mass is 389 g/mol. The fourth-order valence-electron chi connectivity index (χ4n) is 4.00. The lowest BCUT2D eigenvalue weighted by Gasteiger charge is -2.28. The predicted octanol–water partition coefficient (Wildman–Crippen LogP) is 3.41. The van der Waals surface area contributed by atoms with Gasteiger partial charge in [-0.15, -0.1) is 0 Å². The number of ether oxygens (including phenoxy) is 1. The second kappa shape index (κ2) is 6.59. The molecule has 0 bridgehead atoms. The van der Waals surface area contributed by atoms with Crippen molar-refractivity contribution in [2.45, 2.75) is 6.42 Å². The molecular formula is C21H19N5O3. The van der Waals surface area contributed by atoms with Crippen molar-refractivity contribution in [1.29, 1.82) is 0 Å². The average Bonchev–Trinajstić information content (AvgIpc) is 3.19. The fourth-order valence-corrected chi connectivity index (χ4v) is 4.00. The minimum atomic E-state index is 0.689. The first kappa shape index (κ1) is 16.6. The van der Waals surface area contributed by atoms with Gasteiger partial charge in [-0.25, -0.2) is 4.98 Å². The lowest BCUT2D eigenvalue weighted by Crippen LogP contribution is -2.37. The minimum Gasteiger partial charge on any atom is -0.378 e. The number of rotatable bonds is 3. The largest absolute Gasteiger partial charge is 0.378 e. The maximum absolute atomic E-state index is 5.51. The highest BCUT2D eigenvalue weighted by molar-refractivity contribution is 5.81. The van der Waals surface area contributed by atoms with E-state index in [9.17, 15) is 0 Å². The summed E-state index contributed by atoms with van der Waals surface area (Å²) in [6.45, 7) is 3.79. The highest BCUT2D eigenvalue weighted by atomic mass is 17.0. The average molecular weight is 389 g/mol. The van der Waals surface area contributed by atoms with E-state index in [2.05, 4.69) is 20.9 Å². The van der Waals surface area contributed by atoms with Crippen molar-refractivity contribution in [1.82, 2.24) is 15.0 Å². The van der Waals surface area contributed by atoms with Crippen molar-refractivity contribution in [3.05, 3.63) is 48.3 Å². The van der Waals surface area contributed by atoms with Gasteiger partial charge >= 0.3 is 0 Å². The number of morpholine rings is 1. The molecule has 0 N–H and O–H groups in total. The predicted molar refractivity (Wildman–Crippen MR) is 107 cm³/mol. The molecule has 2 aliphatic heterocycles. The smallest absolute Gasteiger partial charge is 0.228 e. The Hall–Kier alpha value is -3.39. The highest BCUT2D eigenvalue weighted by Gasteiger charge is 2.29. The first-order valence-electron chi connectivity index (χ1n) is 9.77. The number of aromatic nitrogens is 3. The van der Waals surface area contributed by atoms with Crippen LogP contribution >= 0.6 is 0 Å². The van der Waals surface area contributed by atoms with Crippen molar-refractivity contribution >= 4 is 28.6 Å². The highest BCUT2D eigenvalue weighted by Crippen LogP contribution is 2.40. The van der Waals surface area contributed by atoms with Gasteiger partial charge in [0.1, 0.15) is 5.82 Å². The molecule has 0 amide bonds. The van der Waals surface area contributed by atoms with Gasteiger partial charge in [0, 0.05) is 54.9 Å². The van der Waals surface area contributed by atoms with Crippen molar-refractivity contribution in [2.75, 3.05) is 42.6 Å². The van der Waals surface area contributed by atoms with Gasteiger partial charge in [-0.2, -0.15) is 4.98 Å². The van der Waals surface area contributed by atoms with Crippen LogP contribution in [0.2, 0.25) is 0 Å². The Morgan fingerprint density at radius 1 is 0.931 bits per heavy atom. The Bertz CT molecular complexity index is 1160. The first-order chi connectivity index (χ1) is 14.4. The van der Waals surface area contributed by atoms with Crippen LogP contribution in [0.1, 0.15) is 5.56 Å². The number of fused-ring (bicyclic) bond motifs is 2. The van der Waals surface area contributed by atoms with Gasteiger partial charge in [-0.1, -0.05) is 0 Å². The Morgan fingerprint density at radius 2 is 1.83 bits per heavy atom. The zero-order valence-electron chi connectivity index (χ0n) is 15.7. The Balaban J connectivity index is 1.49. The molecule has 5 heterocycles. The molecule has 3 aromatic heterocycles. The molecule has 1 aromatic carbocycles. The Kier molecular flexibility index (Phi) is 3.76. The van der Waals surface area contributed by atoms with Crippen LogP contribution in [0.5, 0.6) is 0 Å². The Morgan fingerprint density at radius 3 is 2.59 bits per heavy atom. The standard InChI is InChI=1S/C21H19N5O3/c1-2-14(13-22-6-1)19-16-5-7-26(15-3-4-17-18(12-15)29-28-17)20(16)24-21(23-19)25-8-10-27-11-9-25/h1-4,6,12-13H,5,7-11H2. The molecule has 0 atom stereocenters.